The third-order valence-corrected chi connectivity index (χ3v) is 4.81. The van der Waals surface area contributed by atoms with E-state index in [9.17, 15) is 19.2 Å². The smallest absolute Gasteiger partial charge is 0.311 e. The van der Waals surface area contributed by atoms with Crippen LogP contribution in [0.25, 0.3) is 0 Å². The van der Waals surface area contributed by atoms with Crippen LogP contribution in [-0.4, -0.2) is 46.2 Å². The average Bonchev–Trinajstić information content (AvgIpc) is 3.17. The largest absolute Gasteiger partial charge is 0.466 e. The molecule has 0 aliphatic carbocycles. The van der Waals surface area contributed by atoms with Crippen LogP contribution >= 0.6 is 11.3 Å². The van der Waals surface area contributed by atoms with E-state index in [4.69, 9.17) is 4.74 Å². The summed E-state index contributed by atoms with van der Waals surface area (Å²) in [6.45, 7) is 3.47. The van der Waals surface area contributed by atoms with Crippen LogP contribution in [0.2, 0.25) is 0 Å². The van der Waals surface area contributed by atoms with Gasteiger partial charge >= 0.3 is 5.97 Å². The molecule has 0 unspecified atom stereocenters. The first-order valence-corrected chi connectivity index (χ1v) is 9.18. The van der Waals surface area contributed by atoms with Crippen LogP contribution < -0.4 is 5.32 Å². The predicted octanol–water partition coefficient (Wildman–Crippen LogP) is 1.87. The number of carbonyl (C=O) groups excluding carboxylic acids is 4. The molecule has 1 atom stereocenters. The fourth-order valence-corrected chi connectivity index (χ4v) is 3.41. The van der Waals surface area contributed by atoms with Crippen molar-refractivity contribution in [2.75, 3.05) is 11.9 Å². The minimum absolute atomic E-state index is 0.00811. The van der Waals surface area contributed by atoms with Crippen LogP contribution in [-0.2, 0) is 20.7 Å². The molecule has 140 valence electrons. The van der Waals surface area contributed by atoms with Gasteiger partial charge in [-0.05, 0) is 26.0 Å². The summed E-state index contributed by atoms with van der Waals surface area (Å²) >= 11 is 1.15. The average molecular weight is 387 g/mol. The first-order chi connectivity index (χ1) is 12.9. The van der Waals surface area contributed by atoms with Gasteiger partial charge in [0.25, 0.3) is 11.8 Å². The van der Waals surface area contributed by atoms with E-state index in [1.54, 1.807) is 36.6 Å². The van der Waals surface area contributed by atoms with Crippen LogP contribution in [0.3, 0.4) is 0 Å². The molecule has 1 aromatic carbocycles. The van der Waals surface area contributed by atoms with Crippen LogP contribution in [0.15, 0.2) is 29.6 Å². The zero-order valence-electron chi connectivity index (χ0n) is 14.7. The van der Waals surface area contributed by atoms with Gasteiger partial charge in [0.2, 0.25) is 5.91 Å². The van der Waals surface area contributed by atoms with Gasteiger partial charge in [-0.1, -0.05) is 12.1 Å². The highest BCUT2D eigenvalue weighted by molar-refractivity contribution is 7.13. The second-order valence-electron chi connectivity index (χ2n) is 5.82. The van der Waals surface area contributed by atoms with E-state index >= 15 is 0 Å². The highest BCUT2D eigenvalue weighted by atomic mass is 32.1. The van der Waals surface area contributed by atoms with Crippen molar-refractivity contribution in [3.63, 3.8) is 0 Å². The number of imide groups is 1. The Morgan fingerprint density at radius 2 is 1.85 bits per heavy atom. The molecule has 0 radical (unpaired) electrons. The zero-order valence-corrected chi connectivity index (χ0v) is 15.5. The summed E-state index contributed by atoms with van der Waals surface area (Å²) in [7, 11) is 0. The zero-order chi connectivity index (χ0) is 19.6. The van der Waals surface area contributed by atoms with Gasteiger partial charge in [-0.2, -0.15) is 0 Å². The Morgan fingerprint density at radius 1 is 1.22 bits per heavy atom. The van der Waals surface area contributed by atoms with Crippen molar-refractivity contribution in [3.8, 4) is 0 Å². The van der Waals surface area contributed by atoms with E-state index in [0.717, 1.165) is 16.2 Å². The fraction of sp³-hybridized carbons (Fsp3) is 0.278. The Labute approximate surface area is 159 Å². The molecular formula is C18H17N3O5S. The summed E-state index contributed by atoms with van der Waals surface area (Å²) in [6.07, 6.45) is 0.00811. The van der Waals surface area contributed by atoms with E-state index in [1.165, 1.54) is 6.92 Å². The van der Waals surface area contributed by atoms with Gasteiger partial charge in [0.05, 0.1) is 29.8 Å². The normalized spacial score (nSPS) is 14.1. The quantitative estimate of drug-likeness (QED) is 0.599. The first kappa shape index (κ1) is 18.7. The van der Waals surface area contributed by atoms with Crippen molar-refractivity contribution in [2.24, 2.45) is 0 Å². The SMILES string of the molecule is CCOC(=O)Cc1csc(NC(=O)[C@H](C)N2C(=O)c3ccccc3C2=O)n1. The minimum Gasteiger partial charge on any atom is -0.466 e. The number of carbonyl (C=O) groups is 4. The maximum Gasteiger partial charge on any atom is 0.311 e. The van der Waals surface area contributed by atoms with Gasteiger partial charge in [-0.15, -0.1) is 11.3 Å². The number of esters is 1. The predicted molar refractivity (Wildman–Crippen MR) is 97.5 cm³/mol. The molecule has 8 nitrogen and oxygen atoms in total. The number of rotatable bonds is 6. The van der Waals surface area contributed by atoms with Crippen molar-refractivity contribution in [2.45, 2.75) is 26.3 Å². The second-order valence-corrected chi connectivity index (χ2v) is 6.68. The molecular weight excluding hydrogens is 370 g/mol. The number of nitrogens with zero attached hydrogens (tertiary/aromatic N) is 2. The summed E-state index contributed by atoms with van der Waals surface area (Å²) in [5.41, 5.74) is 1.04. The molecule has 3 rings (SSSR count). The third-order valence-electron chi connectivity index (χ3n) is 4.00. The van der Waals surface area contributed by atoms with E-state index in [0.29, 0.717) is 5.69 Å². The molecule has 1 N–H and O–H groups in total. The second kappa shape index (κ2) is 7.67. The lowest BCUT2D eigenvalue weighted by atomic mass is 10.1. The first-order valence-electron chi connectivity index (χ1n) is 8.30. The maximum absolute atomic E-state index is 12.5. The molecule has 1 aliphatic rings. The lowest BCUT2D eigenvalue weighted by Gasteiger charge is -2.21. The van der Waals surface area contributed by atoms with Gasteiger partial charge in [0.15, 0.2) is 5.13 Å². The molecule has 0 spiro atoms. The monoisotopic (exact) mass is 387 g/mol. The molecule has 1 aromatic heterocycles. The van der Waals surface area contributed by atoms with Crippen molar-refractivity contribution in [1.29, 1.82) is 0 Å². The van der Waals surface area contributed by atoms with E-state index in [2.05, 4.69) is 10.3 Å². The fourth-order valence-electron chi connectivity index (χ4n) is 2.69. The van der Waals surface area contributed by atoms with Crippen molar-refractivity contribution in [1.82, 2.24) is 9.88 Å². The number of aromatic nitrogens is 1. The molecule has 9 heteroatoms. The summed E-state index contributed by atoms with van der Waals surface area (Å²) in [4.78, 5) is 54.0. The molecule has 1 aliphatic heterocycles. The number of hydrogen-bond acceptors (Lipinski definition) is 7. The summed E-state index contributed by atoms with van der Waals surface area (Å²) < 4.78 is 4.85. The van der Waals surface area contributed by atoms with Crippen LogP contribution in [0.5, 0.6) is 0 Å². The summed E-state index contributed by atoms with van der Waals surface area (Å²) in [6, 6.07) is 5.44. The van der Waals surface area contributed by atoms with Crippen LogP contribution in [0, 0.1) is 0 Å². The maximum atomic E-state index is 12.5. The van der Waals surface area contributed by atoms with E-state index in [1.807, 2.05) is 0 Å². The summed E-state index contributed by atoms with van der Waals surface area (Å²) in [5, 5.41) is 4.50. The Hall–Kier alpha value is -3.07. The number of ether oxygens (including phenoxy) is 1. The van der Waals surface area contributed by atoms with E-state index < -0.39 is 29.7 Å². The molecule has 3 amide bonds. The Balaban J connectivity index is 1.67. The number of hydrogen-bond donors (Lipinski definition) is 1. The van der Waals surface area contributed by atoms with Gasteiger partial charge in [0.1, 0.15) is 6.04 Å². The topological polar surface area (TPSA) is 106 Å². The molecule has 2 aromatic rings. The Kier molecular flexibility index (Phi) is 5.31. The van der Waals surface area contributed by atoms with Crippen molar-refractivity contribution >= 4 is 40.2 Å². The van der Waals surface area contributed by atoms with Crippen LogP contribution in [0.1, 0.15) is 40.3 Å². The lowest BCUT2D eigenvalue weighted by Crippen LogP contribution is -2.45. The molecule has 0 bridgehead atoms. The Bertz CT molecular complexity index is 888. The molecule has 27 heavy (non-hydrogen) atoms. The van der Waals surface area contributed by atoms with Crippen molar-refractivity contribution in [3.05, 3.63) is 46.5 Å². The number of amides is 3. The molecule has 0 saturated carbocycles. The molecule has 0 saturated heterocycles. The molecule has 0 fully saturated rings. The minimum atomic E-state index is -1.00. The summed E-state index contributed by atoms with van der Waals surface area (Å²) in [5.74, 6) is -1.94. The van der Waals surface area contributed by atoms with Gasteiger partial charge in [-0.3, -0.25) is 24.1 Å². The van der Waals surface area contributed by atoms with Gasteiger partial charge in [-0.25, -0.2) is 4.98 Å². The third kappa shape index (κ3) is 3.72. The number of benzene rings is 1. The molecule has 2 heterocycles. The lowest BCUT2D eigenvalue weighted by molar-refractivity contribution is -0.142. The van der Waals surface area contributed by atoms with Crippen LogP contribution in [0.4, 0.5) is 5.13 Å². The number of anilines is 1. The number of nitrogens with one attached hydrogen (secondary N) is 1. The van der Waals surface area contributed by atoms with Crippen molar-refractivity contribution < 1.29 is 23.9 Å². The van der Waals surface area contributed by atoms with Gasteiger partial charge in [0, 0.05) is 5.38 Å². The number of fused-ring (bicyclic) bond motifs is 1. The van der Waals surface area contributed by atoms with E-state index in [-0.39, 0.29) is 29.3 Å². The standard InChI is InChI=1S/C18H17N3O5S/c1-3-26-14(22)8-11-9-27-18(19-11)20-15(23)10(2)21-16(24)12-6-4-5-7-13(12)17(21)25/h4-7,9-10H,3,8H2,1-2H3,(H,19,20,23)/t10-/m0/s1. The Morgan fingerprint density at radius 3 is 2.44 bits per heavy atom. The highest BCUT2D eigenvalue weighted by Gasteiger charge is 2.40. The highest BCUT2D eigenvalue weighted by Crippen LogP contribution is 2.25. The number of thiazole rings is 1. The van der Waals surface area contributed by atoms with Gasteiger partial charge < -0.3 is 10.1 Å².